The highest BCUT2D eigenvalue weighted by Crippen LogP contribution is 2.24. The molecule has 2 N–H and O–H groups in total. The first-order valence-corrected chi connectivity index (χ1v) is 6.65. The van der Waals surface area contributed by atoms with Gasteiger partial charge in [0.05, 0.1) is 11.4 Å². The smallest absolute Gasteiger partial charge is 0.253 e. The molecule has 0 fully saturated rings. The zero-order valence-electron chi connectivity index (χ0n) is 12.6. The Morgan fingerprint density at radius 2 is 1.89 bits per heavy atom. The van der Waals surface area contributed by atoms with Crippen LogP contribution < -0.4 is 10.6 Å². The van der Waals surface area contributed by atoms with Gasteiger partial charge in [0.15, 0.2) is 0 Å². The molecule has 106 valence electrons. The number of carbonyl (C=O) groups is 1. The summed E-state index contributed by atoms with van der Waals surface area (Å²) >= 11 is 0. The van der Waals surface area contributed by atoms with E-state index in [0.29, 0.717) is 17.2 Å². The number of nitrogen functional groups attached to an aromatic ring is 1. The number of nitrogens with zero attached hydrogens (tertiary/aromatic N) is 2. The van der Waals surface area contributed by atoms with Crippen molar-refractivity contribution in [2.75, 3.05) is 38.3 Å². The highest BCUT2D eigenvalue weighted by Gasteiger charge is 2.12. The maximum absolute atomic E-state index is 11.8. The summed E-state index contributed by atoms with van der Waals surface area (Å²) in [5, 5.41) is 0. The molecular weight excluding hydrogens is 238 g/mol. The second-order valence-electron chi connectivity index (χ2n) is 5.58. The topological polar surface area (TPSA) is 49.6 Å². The molecule has 0 saturated heterocycles. The summed E-state index contributed by atoms with van der Waals surface area (Å²) in [4.78, 5) is 15.5. The van der Waals surface area contributed by atoms with Gasteiger partial charge in [-0.2, -0.15) is 0 Å². The number of hydrogen-bond donors (Lipinski definition) is 1. The lowest BCUT2D eigenvalue weighted by atomic mass is 10.1. The molecule has 0 heterocycles. The van der Waals surface area contributed by atoms with E-state index in [1.165, 1.54) is 0 Å². The summed E-state index contributed by atoms with van der Waals surface area (Å²) in [5.74, 6) is 0.640. The van der Waals surface area contributed by atoms with Gasteiger partial charge in [-0.3, -0.25) is 4.79 Å². The van der Waals surface area contributed by atoms with Gasteiger partial charge in [0.1, 0.15) is 0 Å². The Labute approximate surface area is 116 Å². The highest BCUT2D eigenvalue weighted by atomic mass is 16.2. The Bertz CT molecular complexity index is 441. The molecule has 0 aromatic heterocycles. The quantitative estimate of drug-likeness (QED) is 0.830. The maximum atomic E-state index is 11.8. The zero-order valence-corrected chi connectivity index (χ0v) is 12.6. The summed E-state index contributed by atoms with van der Waals surface area (Å²) in [6, 6.07) is 5.51. The van der Waals surface area contributed by atoms with Gasteiger partial charge >= 0.3 is 0 Å². The third kappa shape index (κ3) is 4.16. The molecule has 0 atom stereocenters. The summed E-state index contributed by atoms with van der Waals surface area (Å²) in [5.41, 5.74) is 8.32. The van der Waals surface area contributed by atoms with Crippen LogP contribution in [0, 0.1) is 5.92 Å². The standard InChI is InChI=1S/C15H25N3O/c1-11(2)8-9-18(5)14-7-6-12(10-13(14)16)15(19)17(3)4/h6-7,10-11H,8-9,16H2,1-5H3. The molecular formula is C15H25N3O. The number of benzene rings is 1. The van der Waals surface area contributed by atoms with Crippen molar-refractivity contribution in [3.05, 3.63) is 23.8 Å². The number of hydrogen-bond acceptors (Lipinski definition) is 3. The van der Waals surface area contributed by atoms with Gasteiger partial charge in [-0.1, -0.05) is 13.8 Å². The molecule has 0 saturated carbocycles. The van der Waals surface area contributed by atoms with E-state index in [0.717, 1.165) is 18.7 Å². The van der Waals surface area contributed by atoms with Crippen molar-refractivity contribution in [2.24, 2.45) is 5.92 Å². The van der Waals surface area contributed by atoms with Gasteiger partial charge in [0.2, 0.25) is 0 Å². The number of nitrogens with two attached hydrogens (primary N) is 1. The van der Waals surface area contributed by atoms with Crippen molar-refractivity contribution in [3.63, 3.8) is 0 Å². The average molecular weight is 263 g/mol. The summed E-state index contributed by atoms with van der Waals surface area (Å²) < 4.78 is 0. The lowest BCUT2D eigenvalue weighted by Crippen LogP contribution is -2.23. The average Bonchev–Trinajstić information content (AvgIpc) is 2.34. The van der Waals surface area contributed by atoms with E-state index in [-0.39, 0.29) is 5.91 Å². The summed E-state index contributed by atoms with van der Waals surface area (Å²) in [6.45, 7) is 5.37. The Balaban J connectivity index is 2.85. The Morgan fingerprint density at radius 3 is 2.37 bits per heavy atom. The van der Waals surface area contributed by atoms with Gasteiger partial charge in [-0.15, -0.1) is 0 Å². The zero-order chi connectivity index (χ0) is 14.6. The second-order valence-corrected chi connectivity index (χ2v) is 5.58. The molecule has 1 amide bonds. The van der Waals surface area contributed by atoms with Crippen LogP contribution in [-0.4, -0.2) is 38.5 Å². The first-order valence-electron chi connectivity index (χ1n) is 6.65. The van der Waals surface area contributed by atoms with Gasteiger partial charge < -0.3 is 15.5 Å². The molecule has 4 heteroatoms. The van der Waals surface area contributed by atoms with Gasteiger partial charge in [0.25, 0.3) is 5.91 Å². The molecule has 0 unspecified atom stereocenters. The van der Waals surface area contributed by atoms with Crippen LogP contribution in [0.3, 0.4) is 0 Å². The third-order valence-electron chi connectivity index (χ3n) is 3.13. The van der Waals surface area contributed by atoms with Crippen LogP contribution >= 0.6 is 0 Å². The Kier molecular flexibility index (Phi) is 5.21. The van der Waals surface area contributed by atoms with Crippen LogP contribution in [0.1, 0.15) is 30.6 Å². The van der Waals surface area contributed by atoms with E-state index in [9.17, 15) is 4.79 Å². The molecule has 1 aromatic carbocycles. The van der Waals surface area contributed by atoms with Crippen molar-refractivity contribution in [2.45, 2.75) is 20.3 Å². The van der Waals surface area contributed by atoms with Crippen LogP contribution in [0.25, 0.3) is 0 Å². The monoisotopic (exact) mass is 263 g/mol. The second kappa shape index (κ2) is 6.45. The highest BCUT2D eigenvalue weighted by molar-refractivity contribution is 5.95. The molecule has 1 aromatic rings. The minimum Gasteiger partial charge on any atom is -0.397 e. The predicted molar refractivity (Wildman–Crippen MR) is 81.6 cm³/mol. The van der Waals surface area contributed by atoms with Crippen molar-refractivity contribution in [3.8, 4) is 0 Å². The normalized spacial score (nSPS) is 10.6. The largest absolute Gasteiger partial charge is 0.397 e. The lowest BCUT2D eigenvalue weighted by Gasteiger charge is -2.22. The summed E-state index contributed by atoms with van der Waals surface area (Å²) in [6.07, 6.45) is 1.12. The van der Waals surface area contributed by atoms with E-state index in [4.69, 9.17) is 5.73 Å². The van der Waals surface area contributed by atoms with Crippen molar-refractivity contribution < 1.29 is 4.79 Å². The fourth-order valence-electron chi connectivity index (χ4n) is 1.87. The fraction of sp³-hybridized carbons (Fsp3) is 0.533. The molecule has 0 radical (unpaired) electrons. The van der Waals surface area contributed by atoms with Crippen LogP contribution in [0.15, 0.2) is 18.2 Å². The molecule has 1 rings (SSSR count). The molecule has 0 aliphatic heterocycles. The minimum atomic E-state index is -0.0249. The maximum Gasteiger partial charge on any atom is 0.253 e. The van der Waals surface area contributed by atoms with E-state index >= 15 is 0 Å². The van der Waals surface area contributed by atoms with Gasteiger partial charge in [0, 0.05) is 33.3 Å². The van der Waals surface area contributed by atoms with E-state index in [1.54, 1.807) is 25.1 Å². The van der Waals surface area contributed by atoms with E-state index in [1.807, 2.05) is 19.2 Å². The SMILES string of the molecule is CC(C)CCN(C)c1ccc(C(=O)N(C)C)cc1N. The van der Waals surface area contributed by atoms with Gasteiger partial charge in [-0.05, 0) is 30.5 Å². The van der Waals surface area contributed by atoms with E-state index in [2.05, 4.69) is 18.7 Å². The summed E-state index contributed by atoms with van der Waals surface area (Å²) in [7, 11) is 5.50. The first kappa shape index (κ1) is 15.3. The number of anilines is 2. The molecule has 0 aliphatic rings. The predicted octanol–water partition coefficient (Wildman–Crippen LogP) is 2.45. The van der Waals surface area contributed by atoms with Crippen molar-refractivity contribution in [1.82, 2.24) is 4.90 Å². The van der Waals surface area contributed by atoms with Crippen molar-refractivity contribution >= 4 is 17.3 Å². The van der Waals surface area contributed by atoms with Crippen LogP contribution in [0.4, 0.5) is 11.4 Å². The van der Waals surface area contributed by atoms with Crippen molar-refractivity contribution in [1.29, 1.82) is 0 Å². The molecule has 19 heavy (non-hydrogen) atoms. The Morgan fingerprint density at radius 1 is 1.26 bits per heavy atom. The third-order valence-corrected chi connectivity index (χ3v) is 3.13. The molecule has 4 nitrogen and oxygen atoms in total. The first-order chi connectivity index (χ1) is 8.82. The van der Waals surface area contributed by atoms with Gasteiger partial charge in [-0.25, -0.2) is 0 Å². The Hall–Kier alpha value is -1.71. The van der Waals surface area contributed by atoms with E-state index < -0.39 is 0 Å². The van der Waals surface area contributed by atoms with Crippen LogP contribution in [0.2, 0.25) is 0 Å². The molecule has 0 spiro atoms. The fourth-order valence-corrected chi connectivity index (χ4v) is 1.87. The minimum absolute atomic E-state index is 0.0249. The van der Waals surface area contributed by atoms with Crippen LogP contribution in [0.5, 0.6) is 0 Å². The van der Waals surface area contributed by atoms with Crippen LogP contribution in [-0.2, 0) is 0 Å². The number of rotatable bonds is 5. The number of carbonyl (C=O) groups excluding carboxylic acids is 1. The molecule has 0 aliphatic carbocycles. The number of amides is 1. The molecule has 0 bridgehead atoms. The lowest BCUT2D eigenvalue weighted by molar-refractivity contribution is 0.0827.